The molecule has 0 fully saturated rings. The van der Waals surface area contributed by atoms with Gasteiger partial charge in [0, 0.05) is 18.5 Å². The Balaban J connectivity index is 0.00000261. The minimum Gasteiger partial charge on any atom is -0.497 e. The lowest BCUT2D eigenvalue weighted by Crippen LogP contribution is -2.03. The number of ether oxygens (including phenoxy) is 2. The molecule has 0 saturated heterocycles. The zero-order valence-corrected chi connectivity index (χ0v) is 16.8. The number of hydrogen-bond donors (Lipinski definition) is 1. The summed E-state index contributed by atoms with van der Waals surface area (Å²) >= 11 is 1.64. The third kappa shape index (κ3) is 5.70. The van der Waals surface area contributed by atoms with Gasteiger partial charge in [-0.2, -0.15) is 0 Å². The van der Waals surface area contributed by atoms with Gasteiger partial charge in [-0.15, -0.1) is 11.8 Å². The Bertz CT molecular complexity index is 785. The molecule has 142 valence electrons. The molecule has 5 nitrogen and oxygen atoms in total. The summed E-state index contributed by atoms with van der Waals surface area (Å²) in [7, 11) is 3.35. The van der Waals surface area contributed by atoms with Crippen LogP contribution in [0.1, 0.15) is 22.6 Å². The quantitative estimate of drug-likeness (QED) is 0.476. The number of benzene rings is 2. The average molecular weight is 384 g/mol. The van der Waals surface area contributed by atoms with Crippen LogP contribution in [0.4, 0.5) is 0 Å². The second kappa shape index (κ2) is 9.94. The van der Waals surface area contributed by atoms with Gasteiger partial charge in [-0.1, -0.05) is 24.3 Å². The van der Waals surface area contributed by atoms with E-state index < -0.39 is 0 Å². The van der Waals surface area contributed by atoms with Gasteiger partial charge in [0.1, 0.15) is 17.3 Å². The lowest BCUT2D eigenvalue weighted by molar-refractivity contribution is 0.414. The molecule has 3 aromatic rings. The highest BCUT2D eigenvalue weighted by atomic mass is 32.2. The van der Waals surface area contributed by atoms with E-state index in [0.717, 1.165) is 34.5 Å². The summed E-state index contributed by atoms with van der Waals surface area (Å²) in [4.78, 5) is 9.43. The Hall–Kier alpha value is -2.57. The zero-order chi connectivity index (χ0) is 18.4. The third-order valence-electron chi connectivity index (χ3n) is 4.08. The maximum absolute atomic E-state index is 5.22. The van der Waals surface area contributed by atoms with Crippen molar-refractivity contribution in [2.45, 2.75) is 17.9 Å². The van der Waals surface area contributed by atoms with Crippen molar-refractivity contribution in [3.63, 3.8) is 0 Å². The van der Waals surface area contributed by atoms with E-state index in [1.165, 1.54) is 11.1 Å². The summed E-state index contributed by atoms with van der Waals surface area (Å²) in [5.74, 6) is 2.56. The Labute approximate surface area is 164 Å². The molecule has 0 radical (unpaired) electrons. The van der Waals surface area contributed by atoms with Gasteiger partial charge < -0.3 is 15.6 Å². The van der Waals surface area contributed by atoms with Crippen molar-refractivity contribution in [1.29, 1.82) is 0 Å². The van der Waals surface area contributed by atoms with Crippen molar-refractivity contribution in [2.24, 2.45) is 0 Å². The normalized spacial score (nSPS) is 10.2. The van der Waals surface area contributed by atoms with Gasteiger partial charge in [0.15, 0.2) is 0 Å². The topological polar surface area (TPSA) is 79.2 Å². The van der Waals surface area contributed by atoms with E-state index in [9.17, 15) is 0 Å². The van der Waals surface area contributed by atoms with Crippen LogP contribution >= 0.6 is 11.8 Å². The molecule has 27 heavy (non-hydrogen) atoms. The molecule has 0 aliphatic rings. The summed E-state index contributed by atoms with van der Waals surface area (Å²) in [6, 6.07) is 18.2. The molecule has 2 aromatic carbocycles. The first-order chi connectivity index (χ1) is 12.7. The van der Waals surface area contributed by atoms with E-state index in [1.807, 2.05) is 30.5 Å². The Morgan fingerprint density at radius 2 is 1.30 bits per heavy atom. The largest absolute Gasteiger partial charge is 0.497 e. The lowest BCUT2D eigenvalue weighted by atomic mass is 10.1. The summed E-state index contributed by atoms with van der Waals surface area (Å²) in [6.45, 7) is 0. The number of thioether (sulfide) groups is 1. The summed E-state index contributed by atoms with van der Waals surface area (Å²) < 4.78 is 10.4. The number of aromatic nitrogens is 2. The van der Waals surface area contributed by atoms with Crippen LogP contribution < -0.4 is 15.6 Å². The molecule has 6 heteroatoms. The number of rotatable bonds is 7. The number of hydrogen-bond acceptors (Lipinski definition) is 6. The predicted octanol–water partition coefficient (Wildman–Crippen LogP) is 4.56. The van der Waals surface area contributed by atoms with Crippen LogP contribution in [0.15, 0.2) is 59.6 Å². The van der Waals surface area contributed by atoms with Crippen molar-refractivity contribution >= 4 is 11.8 Å². The molecule has 0 amide bonds. The molecule has 1 aromatic heterocycles. The second-order valence-corrected chi connectivity index (χ2v) is 6.69. The SMILES string of the molecule is COc1ccc(Cc2cc(SC)nc(Cc3ccc(OC)cc3)n2)cc1.N. The van der Waals surface area contributed by atoms with E-state index in [4.69, 9.17) is 14.5 Å². The van der Waals surface area contributed by atoms with Gasteiger partial charge >= 0.3 is 0 Å². The van der Waals surface area contributed by atoms with E-state index in [2.05, 4.69) is 35.3 Å². The molecule has 3 N–H and O–H groups in total. The van der Waals surface area contributed by atoms with E-state index in [0.29, 0.717) is 6.42 Å². The minimum absolute atomic E-state index is 0. The van der Waals surface area contributed by atoms with Gasteiger partial charge in [0.25, 0.3) is 0 Å². The summed E-state index contributed by atoms with van der Waals surface area (Å²) in [6.07, 6.45) is 3.51. The Kier molecular flexibility index (Phi) is 7.64. The van der Waals surface area contributed by atoms with Gasteiger partial charge in [-0.3, -0.25) is 0 Å². The molecule has 0 spiro atoms. The molecule has 0 unspecified atom stereocenters. The third-order valence-corrected chi connectivity index (χ3v) is 4.70. The lowest BCUT2D eigenvalue weighted by Gasteiger charge is -2.08. The Morgan fingerprint density at radius 1 is 0.778 bits per heavy atom. The number of nitrogens with zero attached hydrogens (tertiary/aromatic N) is 2. The zero-order valence-electron chi connectivity index (χ0n) is 15.9. The van der Waals surface area contributed by atoms with Crippen molar-refractivity contribution in [1.82, 2.24) is 16.1 Å². The molecular formula is C21H25N3O2S. The van der Waals surface area contributed by atoms with E-state index >= 15 is 0 Å². The molecular weight excluding hydrogens is 358 g/mol. The van der Waals surface area contributed by atoms with Crippen LogP contribution in [0.5, 0.6) is 11.5 Å². The molecule has 0 atom stereocenters. The van der Waals surface area contributed by atoms with Crippen LogP contribution in [0.3, 0.4) is 0 Å². The fourth-order valence-corrected chi connectivity index (χ4v) is 3.13. The first-order valence-corrected chi connectivity index (χ1v) is 9.59. The van der Waals surface area contributed by atoms with Crippen LogP contribution in [-0.4, -0.2) is 30.4 Å². The average Bonchev–Trinajstić information content (AvgIpc) is 2.69. The highest BCUT2D eigenvalue weighted by Crippen LogP contribution is 2.19. The van der Waals surface area contributed by atoms with Crippen LogP contribution in [-0.2, 0) is 12.8 Å². The Morgan fingerprint density at radius 3 is 1.78 bits per heavy atom. The molecule has 0 bridgehead atoms. The summed E-state index contributed by atoms with van der Waals surface area (Å²) in [5.41, 5.74) is 3.39. The highest BCUT2D eigenvalue weighted by Gasteiger charge is 2.07. The van der Waals surface area contributed by atoms with Crippen LogP contribution in [0.25, 0.3) is 0 Å². The van der Waals surface area contributed by atoms with Gasteiger partial charge in [0.2, 0.25) is 0 Å². The molecule has 0 aliphatic heterocycles. The van der Waals surface area contributed by atoms with Crippen LogP contribution in [0.2, 0.25) is 0 Å². The molecule has 1 heterocycles. The maximum Gasteiger partial charge on any atom is 0.134 e. The molecule has 0 aliphatic carbocycles. The number of methoxy groups -OCH3 is 2. The smallest absolute Gasteiger partial charge is 0.134 e. The van der Waals surface area contributed by atoms with Gasteiger partial charge in [-0.25, -0.2) is 9.97 Å². The van der Waals surface area contributed by atoms with Crippen molar-refractivity contribution < 1.29 is 9.47 Å². The first-order valence-electron chi connectivity index (χ1n) is 8.37. The van der Waals surface area contributed by atoms with Gasteiger partial charge in [0.05, 0.1) is 19.2 Å². The maximum atomic E-state index is 5.22. The standard InChI is InChI=1S/C21H22N2O2S.H3N/c1-24-18-8-4-15(5-9-18)12-17-14-21(26-3)23-20(22-17)13-16-6-10-19(25-2)11-7-16;/h4-11,14H,12-13H2,1-3H3;1H3. The monoisotopic (exact) mass is 383 g/mol. The summed E-state index contributed by atoms with van der Waals surface area (Å²) in [5, 5.41) is 0.993. The van der Waals surface area contributed by atoms with E-state index in [-0.39, 0.29) is 6.15 Å². The van der Waals surface area contributed by atoms with E-state index in [1.54, 1.807) is 26.0 Å². The van der Waals surface area contributed by atoms with Crippen molar-refractivity contribution in [3.8, 4) is 11.5 Å². The highest BCUT2D eigenvalue weighted by molar-refractivity contribution is 7.98. The first kappa shape index (κ1) is 20.7. The minimum atomic E-state index is 0. The fourth-order valence-electron chi connectivity index (χ4n) is 2.68. The fraction of sp³-hybridized carbons (Fsp3) is 0.238. The van der Waals surface area contributed by atoms with Crippen molar-refractivity contribution in [3.05, 3.63) is 77.2 Å². The molecule has 0 saturated carbocycles. The predicted molar refractivity (Wildman–Crippen MR) is 110 cm³/mol. The van der Waals surface area contributed by atoms with Crippen LogP contribution in [0, 0.1) is 0 Å². The van der Waals surface area contributed by atoms with Crippen molar-refractivity contribution in [2.75, 3.05) is 20.5 Å². The molecule has 3 rings (SSSR count). The second-order valence-electron chi connectivity index (χ2n) is 5.87. The van der Waals surface area contributed by atoms with Gasteiger partial charge in [-0.05, 0) is 47.7 Å².